The van der Waals surface area contributed by atoms with Crippen molar-refractivity contribution in [2.24, 2.45) is 0 Å². The minimum absolute atomic E-state index is 0.264. The van der Waals surface area contributed by atoms with Crippen LogP contribution in [0.25, 0.3) is 0 Å². The van der Waals surface area contributed by atoms with Gasteiger partial charge >= 0.3 is 5.97 Å². The van der Waals surface area contributed by atoms with Crippen molar-refractivity contribution in [3.63, 3.8) is 0 Å². The molecular formula is C14H21NO3. The van der Waals surface area contributed by atoms with Crippen LogP contribution in [0.4, 0.5) is 0 Å². The van der Waals surface area contributed by atoms with E-state index in [0.29, 0.717) is 6.61 Å². The molecular weight excluding hydrogens is 230 g/mol. The second-order valence-corrected chi connectivity index (χ2v) is 4.10. The monoisotopic (exact) mass is 251 g/mol. The minimum Gasteiger partial charge on any atom is -0.491 e. The number of aryl methyl sites for hydroxylation is 1. The lowest BCUT2D eigenvalue weighted by Gasteiger charge is -2.17. The summed E-state index contributed by atoms with van der Waals surface area (Å²) in [5.41, 5.74) is 2.26. The van der Waals surface area contributed by atoms with Crippen molar-refractivity contribution in [2.45, 2.75) is 26.8 Å². The van der Waals surface area contributed by atoms with Gasteiger partial charge in [0.05, 0.1) is 6.61 Å². The molecule has 0 aromatic heterocycles. The number of rotatable bonds is 6. The molecule has 1 N–H and O–H groups in total. The molecule has 0 aliphatic carbocycles. The van der Waals surface area contributed by atoms with Crippen molar-refractivity contribution in [2.75, 3.05) is 20.3 Å². The minimum atomic E-state index is -0.440. The van der Waals surface area contributed by atoms with Crippen LogP contribution in [0.15, 0.2) is 18.2 Å². The summed E-state index contributed by atoms with van der Waals surface area (Å²) in [6, 6.07) is 5.43. The quantitative estimate of drug-likeness (QED) is 0.784. The Hall–Kier alpha value is -1.55. The standard InChI is InChI=1S/C14H21NO3/c1-5-17-14(16)12(15-4)9-18-13-8-6-7-10(2)11(13)3/h6-8,12,15H,5,9H2,1-4H3. The fourth-order valence-electron chi connectivity index (χ4n) is 1.57. The molecule has 1 rings (SSSR count). The largest absolute Gasteiger partial charge is 0.491 e. The van der Waals surface area contributed by atoms with Crippen LogP contribution in [-0.2, 0) is 9.53 Å². The highest BCUT2D eigenvalue weighted by Gasteiger charge is 2.18. The van der Waals surface area contributed by atoms with Gasteiger partial charge in [0.2, 0.25) is 0 Å². The van der Waals surface area contributed by atoms with Crippen LogP contribution < -0.4 is 10.1 Å². The molecule has 0 saturated heterocycles. The third-order valence-corrected chi connectivity index (χ3v) is 2.88. The molecule has 4 nitrogen and oxygen atoms in total. The lowest BCUT2D eigenvalue weighted by atomic mass is 10.1. The zero-order valence-electron chi connectivity index (χ0n) is 11.4. The number of hydrogen-bond donors (Lipinski definition) is 1. The van der Waals surface area contributed by atoms with E-state index >= 15 is 0 Å². The maximum atomic E-state index is 11.6. The molecule has 0 amide bonds. The van der Waals surface area contributed by atoms with Gasteiger partial charge in [0, 0.05) is 0 Å². The summed E-state index contributed by atoms with van der Waals surface area (Å²) in [6.45, 7) is 6.46. The predicted molar refractivity (Wildman–Crippen MR) is 70.9 cm³/mol. The Morgan fingerprint density at radius 1 is 1.39 bits per heavy atom. The van der Waals surface area contributed by atoms with E-state index in [-0.39, 0.29) is 12.6 Å². The first-order chi connectivity index (χ1) is 8.60. The zero-order valence-corrected chi connectivity index (χ0v) is 11.4. The van der Waals surface area contributed by atoms with Gasteiger partial charge in [0.25, 0.3) is 0 Å². The molecule has 0 aliphatic heterocycles. The van der Waals surface area contributed by atoms with Gasteiger partial charge in [-0.1, -0.05) is 12.1 Å². The molecule has 0 bridgehead atoms. The Balaban J connectivity index is 2.62. The maximum absolute atomic E-state index is 11.6. The van der Waals surface area contributed by atoms with Crippen molar-refractivity contribution in [1.29, 1.82) is 0 Å². The van der Waals surface area contributed by atoms with Crippen molar-refractivity contribution >= 4 is 5.97 Å². The molecule has 4 heteroatoms. The average Bonchev–Trinajstić information content (AvgIpc) is 2.35. The molecule has 0 saturated carbocycles. The zero-order chi connectivity index (χ0) is 13.5. The molecule has 0 spiro atoms. The van der Waals surface area contributed by atoms with Crippen LogP contribution in [0.2, 0.25) is 0 Å². The Kier molecular flexibility index (Phi) is 5.65. The topological polar surface area (TPSA) is 47.6 Å². The van der Waals surface area contributed by atoms with Gasteiger partial charge in [-0.2, -0.15) is 0 Å². The second-order valence-electron chi connectivity index (χ2n) is 4.10. The molecule has 18 heavy (non-hydrogen) atoms. The van der Waals surface area contributed by atoms with E-state index in [1.54, 1.807) is 14.0 Å². The van der Waals surface area contributed by atoms with E-state index in [1.807, 2.05) is 32.0 Å². The SMILES string of the molecule is CCOC(=O)C(COc1cccc(C)c1C)NC. The van der Waals surface area contributed by atoms with Crippen molar-refractivity contribution in [1.82, 2.24) is 5.32 Å². The summed E-state index contributed by atoms with van der Waals surface area (Å²) in [5, 5.41) is 2.89. The number of benzene rings is 1. The number of esters is 1. The first-order valence-electron chi connectivity index (χ1n) is 6.13. The Bertz CT molecular complexity index is 404. The molecule has 1 aromatic rings. The number of nitrogens with one attached hydrogen (secondary N) is 1. The molecule has 1 atom stereocenters. The number of ether oxygens (including phenoxy) is 2. The maximum Gasteiger partial charge on any atom is 0.326 e. The molecule has 0 heterocycles. The first kappa shape index (κ1) is 14.5. The predicted octanol–water partition coefficient (Wildman–Crippen LogP) is 1.83. The highest BCUT2D eigenvalue weighted by molar-refractivity contribution is 5.75. The molecule has 1 aromatic carbocycles. The second kappa shape index (κ2) is 7.01. The number of likely N-dealkylation sites (N-methyl/N-ethyl adjacent to an activating group) is 1. The van der Waals surface area contributed by atoms with E-state index in [2.05, 4.69) is 5.32 Å². The highest BCUT2D eigenvalue weighted by Crippen LogP contribution is 2.20. The van der Waals surface area contributed by atoms with E-state index in [0.717, 1.165) is 11.3 Å². The molecule has 1 unspecified atom stereocenters. The van der Waals surface area contributed by atoms with Crippen LogP contribution in [0, 0.1) is 13.8 Å². The Morgan fingerprint density at radius 2 is 2.11 bits per heavy atom. The van der Waals surface area contributed by atoms with Crippen LogP contribution in [0.1, 0.15) is 18.1 Å². The summed E-state index contributed by atoms with van der Waals surface area (Å²) in [6.07, 6.45) is 0. The fourth-order valence-corrected chi connectivity index (χ4v) is 1.57. The van der Waals surface area contributed by atoms with Gasteiger partial charge in [0.1, 0.15) is 18.4 Å². The fraction of sp³-hybridized carbons (Fsp3) is 0.500. The van der Waals surface area contributed by atoms with Crippen LogP contribution in [0.5, 0.6) is 5.75 Å². The summed E-state index contributed by atoms with van der Waals surface area (Å²) in [5.74, 6) is 0.518. The van der Waals surface area contributed by atoms with Crippen molar-refractivity contribution in [3.05, 3.63) is 29.3 Å². The molecule has 0 aliphatic rings. The normalized spacial score (nSPS) is 12.0. The Labute approximate surface area is 108 Å². The number of hydrogen-bond acceptors (Lipinski definition) is 4. The van der Waals surface area contributed by atoms with Gasteiger partial charge in [0.15, 0.2) is 0 Å². The summed E-state index contributed by atoms with van der Waals surface area (Å²) in [7, 11) is 1.72. The van der Waals surface area contributed by atoms with E-state index in [4.69, 9.17) is 9.47 Å². The van der Waals surface area contributed by atoms with E-state index < -0.39 is 6.04 Å². The van der Waals surface area contributed by atoms with Gasteiger partial charge < -0.3 is 14.8 Å². The third-order valence-electron chi connectivity index (χ3n) is 2.88. The summed E-state index contributed by atoms with van der Waals surface area (Å²) >= 11 is 0. The molecule has 0 radical (unpaired) electrons. The number of carbonyl (C=O) groups excluding carboxylic acids is 1. The summed E-state index contributed by atoms with van der Waals surface area (Å²) < 4.78 is 10.6. The van der Waals surface area contributed by atoms with E-state index in [9.17, 15) is 4.79 Å². The third kappa shape index (κ3) is 3.74. The average molecular weight is 251 g/mol. The summed E-state index contributed by atoms with van der Waals surface area (Å²) in [4.78, 5) is 11.6. The number of carbonyl (C=O) groups is 1. The lowest BCUT2D eigenvalue weighted by Crippen LogP contribution is -2.40. The molecule has 0 fully saturated rings. The van der Waals surface area contributed by atoms with Crippen LogP contribution in [0.3, 0.4) is 0 Å². The smallest absolute Gasteiger partial charge is 0.326 e. The van der Waals surface area contributed by atoms with Gasteiger partial charge in [-0.15, -0.1) is 0 Å². The lowest BCUT2D eigenvalue weighted by molar-refractivity contribution is -0.146. The van der Waals surface area contributed by atoms with E-state index in [1.165, 1.54) is 5.56 Å². The van der Waals surface area contributed by atoms with Crippen molar-refractivity contribution < 1.29 is 14.3 Å². The van der Waals surface area contributed by atoms with Gasteiger partial charge in [-0.25, -0.2) is 0 Å². The highest BCUT2D eigenvalue weighted by atomic mass is 16.5. The van der Waals surface area contributed by atoms with Crippen LogP contribution >= 0.6 is 0 Å². The Morgan fingerprint density at radius 3 is 2.72 bits per heavy atom. The molecule has 100 valence electrons. The van der Waals surface area contributed by atoms with Gasteiger partial charge in [-0.3, -0.25) is 4.79 Å². The first-order valence-corrected chi connectivity index (χ1v) is 6.13. The van der Waals surface area contributed by atoms with Crippen LogP contribution in [-0.4, -0.2) is 32.3 Å². The van der Waals surface area contributed by atoms with Crippen molar-refractivity contribution in [3.8, 4) is 5.75 Å². The van der Waals surface area contributed by atoms with Gasteiger partial charge in [-0.05, 0) is 45.0 Å².